The summed E-state index contributed by atoms with van der Waals surface area (Å²) in [6.07, 6.45) is 0.703. The number of nitrogens with zero attached hydrogens (tertiary/aromatic N) is 1. The van der Waals surface area contributed by atoms with Gasteiger partial charge in [-0.3, -0.25) is 9.59 Å². The summed E-state index contributed by atoms with van der Waals surface area (Å²) >= 11 is 0. The molecule has 2 atom stereocenters. The highest BCUT2D eigenvalue weighted by Crippen LogP contribution is 2.34. The zero-order valence-corrected chi connectivity index (χ0v) is 11.7. The van der Waals surface area contributed by atoms with Gasteiger partial charge in [-0.25, -0.2) is 0 Å². The van der Waals surface area contributed by atoms with Crippen molar-refractivity contribution in [3.63, 3.8) is 0 Å². The van der Waals surface area contributed by atoms with Gasteiger partial charge in [0.15, 0.2) is 6.10 Å². The van der Waals surface area contributed by atoms with Gasteiger partial charge in [-0.2, -0.15) is 0 Å². The van der Waals surface area contributed by atoms with Gasteiger partial charge >= 0.3 is 0 Å². The van der Waals surface area contributed by atoms with Crippen LogP contribution < -0.4 is 20.7 Å². The minimum atomic E-state index is -0.787. The summed E-state index contributed by atoms with van der Waals surface area (Å²) in [4.78, 5) is 25.6. The number of hydrogen-bond acceptors (Lipinski definition) is 4. The van der Waals surface area contributed by atoms with Gasteiger partial charge in [0.2, 0.25) is 5.91 Å². The first-order valence-electron chi connectivity index (χ1n) is 7.21. The van der Waals surface area contributed by atoms with Gasteiger partial charge in [-0.15, -0.1) is 0 Å². The predicted molar refractivity (Wildman–Crippen MR) is 78.0 cm³/mol. The van der Waals surface area contributed by atoms with Crippen molar-refractivity contribution in [2.24, 2.45) is 11.7 Å². The van der Waals surface area contributed by atoms with Crippen molar-refractivity contribution >= 4 is 17.5 Å². The van der Waals surface area contributed by atoms with E-state index in [1.807, 2.05) is 18.2 Å². The lowest BCUT2D eigenvalue weighted by molar-refractivity contribution is -0.125. The Morgan fingerprint density at radius 1 is 1.38 bits per heavy atom. The van der Waals surface area contributed by atoms with Crippen LogP contribution in [-0.4, -0.2) is 37.6 Å². The molecular formula is C15H19N3O3. The molecule has 0 aliphatic carbocycles. The molecule has 2 amide bonds. The summed E-state index contributed by atoms with van der Waals surface area (Å²) in [5, 5.41) is 3.26. The Morgan fingerprint density at radius 3 is 2.90 bits per heavy atom. The van der Waals surface area contributed by atoms with Crippen molar-refractivity contribution in [2.75, 3.05) is 24.5 Å². The van der Waals surface area contributed by atoms with Crippen LogP contribution in [0.25, 0.3) is 0 Å². The number of ether oxygens (including phenoxy) is 1. The molecule has 0 bridgehead atoms. The van der Waals surface area contributed by atoms with Crippen molar-refractivity contribution in [1.82, 2.24) is 5.32 Å². The molecule has 112 valence electrons. The van der Waals surface area contributed by atoms with Gasteiger partial charge in [0.1, 0.15) is 5.75 Å². The van der Waals surface area contributed by atoms with E-state index in [2.05, 4.69) is 5.32 Å². The molecule has 2 heterocycles. The Bertz CT molecular complexity index is 555. The van der Waals surface area contributed by atoms with Crippen LogP contribution in [0.3, 0.4) is 0 Å². The Morgan fingerprint density at radius 2 is 2.19 bits per heavy atom. The first-order valence-corrected chi connectivity index (χ1v) is 7.21. The number of amides is 2. The van der Waals surface area contributed by atoms with Crippen LogP contribution >= 0.6 is 0 Å². The number of nitrogens with two attached hydrogens (primary N) is 1. The number of carbonyl (C=O) groups excluding carboxylic acids is 2. The summed E-state index contributed by atoms with van der Waals surface area (Å²) in [6.45, 7) is 2.02. The number of primary amides is 1. The Labute approximate surface area is 123 Å². The van der Waals surface area contributed by atoms with Crippen LogP contribution in [0.2, 0.25) is 0 Å². The summed E-state index contributed by atoms with van der Waals surface area (Å²) in [5.74, 6) is 0.362. The lowest BCUT2D eigenvalue weighted by atomic mass is 10.0. The maximum atomic E-state index is 12.6. The van der Waals surface area contributed by atoms with E-state index in [1.54, 1.807) is 11.0 Å². The average Bonchev–Trinajstić information content (AvgIpc) is 2.98. The highest BCUT2D eigenvalue weighted by atomic mass is 16.5. The fourth-order valence-corrected chi connectivity index (χ4v) is 2.86. The number of rotatable bonds is 3. The molecule has 1 saturated heterocycles. The first-order chi connectivity index (χ1) is 10.1. The Kier molecular flexibility index (Phi) is 3.79. The van der Waals surface area contributed by atoms with Crippen LogP contribution in [0.5, 0.6) is 5.75 Å². The van der Waals surface area contributed by atoms with Gasteiger partial charge in [0.05, 0.1) is 12.2 Å². The molecule has 2 unspecified atom stereocenters. The largest absolute Gasteiger partial charge is 0.477 e. The highest BCUT2D eigenvalue weighted by Gasteiger charge is 2.33. The molecule has 0 spiro atoms. The topological polar surface area (TPSA) is 84.7 Å². The second-order valence-corrected chi connectivity index (χ2v) is 5.54. The van der Waals surface area contributed by atoms with Gasteiger partial charge in [-0.05, 0) is 37.6 Å². The fraction of sp³-hybridized carbons (Fsp3) is 0.467. The van der Waals surface area contributed by atoms with E-state index in [0.717, 1.165) is 19.5 Å². The van der Waals surface area contributed by atoms with E-state index in [1.165, 1.54) is 0 Å². The zero-order chi connectivity index (χ0) is 14.8. The molecule has 1 aromatic carbocycles. The quantitative estimate of drug-likeness (QED) is 0.836. The van der Waals surface area contributed by atoms with Gasteiger partial charge in [0, 0.05) is 6.42 Å². The molecule has 6 heteroatoms. The van der Waals surface area contributed by atoms with Crippen LogP contribution in [0.1, 0.15) is 12.8 Å². The van der Waals surface area contributed by atoms with E-state index < -0.39 is 12.0 Å². The number of hydrogen-bond donors (Lipinski definition) is 2. The van der Waals surface area contributed by atoms with Gasteiger partial charge in [-0.1, -0.05) is 12.1 Å². The number of anilines is 1. The van der Waals surface area contributed by atoms with Crippen molar-refractivity contribution in [2.45, 2.75) is 18.9 Å². The number of benzene rings is 1. The average molecular weight is 289 g/mol. The third-order valence-corrected chi connectivity index (χ3v) is 4.02. The number of nitrogens with one attached hydrogen (secondary N) is 1. The third-order valence-electron chi connectivity index (χ3n) is 4.02. The maximum absolute atomic E-state index is 12.6. The van der Waals surface area contributed by atoms with Crippen molar-refractivity contribution in [3.05, 3.63) is 24.3 Å². The second kappa shape index (κ2) is 5.73. The third kappa shape index (κ3) is 2.85. The standard InChI is InChI=1S/C15H19N3O3/c16-15(20)13-9-18(11-3-1-2-4-12(11)21-13)14(19)7-10-5-6-17-8-10/h1-4,10,13,17H,5-9H2,(H2,16,20). The molecule has 6 nitrogen and oxygen atoms in total. The highest BCUT2D eigenvalue weighted by molar-refractivity contribution is 5.97. The summed E-state index contributed by atoms with van der Waals surface area (Å²) < 4.78 is 5.56. The summed E-state index contributed by atoms with van der Waals surface area (Å²) in [6, 6.07) is 7.25. The van der Waals surface area contributed by atoms with Crippen molar-refractivity contribution < 1.29 is 14.3 Å². The van der Waals surface area contributed by atoms with Crippen LogP contribution in [-0.2, 0) is 9.59 Å². The fourth-order valence-electron chi connectivity index (χ4n) is 2.86. The first kappa shape index (κ1) is 13.9. The Hall–Kier alpha value is -2.08. The van der Waals surface area contributed by atoms with Crippen LogP contribution in [0.15, 0.2) is 24.3 Å². The molecule has 2 aliphatic rings. The predicted octanol–water partition coefficient (Wildman–Crippen LogP) is 0.265. The molecule has 2 aliphatic heterocycles. The molecule has 0 radical (unpaired) electrons. The molecule has 0 saturated carbocycles. The second-order valence-electron chi connectivity index (χ2n) is 5.54. The van der Waals surface area contributed by atoms with Gasteiger partial charge < -0.3 is 20.7 Å². The lowest BCUT2D eigenvalue weighted by Gasteiger charge is -2.34. The Balaban J connectivity index is 1.81. The molecular weight excluding hydrogens is 270 g/mol. The van der Waals surface area contributed by atoms with E-state index in [4.69, 9.17) is 10.5 Å². The molecule has 0 aromatic heterocycles. The van der Waals surface area contributed by atoms with E-state index in [0.29, 0.717) is 23.8 Å². The lowest BCUT2D eigenvalue weighted by Crippen LogP contribution is -2.49. The number of fused-ring (bicyclic) bond motifs is 1. The molecule has 21 heavy (non-hydrogen) atoms. The van der Waals surface area contributed by atoms with E-state index in [9.17, 15) is 9.59 Å². The maximum Gasteiger partial charge on any atom is 0.260 e. The summed E-state index contributed by atoms with van der Waals surface area (Å²) in [5.41, 5.74) is 6.05. The summed E-state index contributed by atoms with van der Waals surface area (Å²) in [7, 11) is 0. The van der Waals surface area contributed by atoms with Crippen molar-refractivity contribution in [1.29, 1.82) is 0 Å². The minimum Gasteiger partial charge on any atom is -0.477 e. The van der Waals surface area contributed by atoms with Crippen LogP contribution in [0.4, 0.5) is 5.69 Å². The SMILES string of the molecule is NC(=O)C1CN(C(=O)CC2CCNC2)c2ccccc2O1. The van der Waals surface area contributed by atoms with E-state index >= 15 is 0 Å². The van der Waals surface area contributed by atoms with E-state index in [-0.39, 0.29) is 12.5 Å². The van der Waals surface area contributed by atoms with Crippen LogP contribution in [0, 0.1) is 5.92 Å². The van der Waals surface area contributed by atoms with Crippen molar-refractivity contribution in [3.8, 4) is 5.75 Å². The zero-order valence-electron chi connectivity index (χ0n) is 11.7. The molecule has 1 aromatic rings. The normalized spacial score (nSPS) is 24.3. The van der Waals surface area contributed by atoms with Gasteiger partial charge in [0.25, 0.3) is 5.91 Å². The number of carbonyl (C=O) groups is 2. The number of para-hydroxylation sites is 2. The molecule has 3 rings (SSSR count). The smallest absolute Gasteiger partial charge is 0.260 e. The molecule has 3 N–H and O–H groups in total. The minimum absolute atomic E-state index is 0.0192. The monoisotopic (exact) mass is 289 g/mol. The molecule has 1 fully saturated rings.